The van der Waals surface area contributed by atoms with E-state index in [9.17, 15) is 9.50 Å². The summed E-state index contributed by atoms with van der Waals surface area (Å²) < 4.78 is 33.7. The van der Waals surface area contributed by atoms with Gasteiger partial charge in [0.05, 0.1) is 0 Å². The third-order valence-corrected chi connectivity index (χ3v) is 5.16. The Morgan fingerprint density at radius 3 is 2.69 bits per heavy atom. The maximum atomic E-state index is 15.0. The van der Waals surface area contributed by atoms with Crippen LogP contribution in [-0.4, -0.2) is 20.1 Å². The number of nitrogens with zero attached hydrogens (tertiary/aromatic N) is 2. The average molecular weight is 433 g/mol. The van der Waals surface area contributed by atoms with Crippen molar-refractivity contribution in [3.8, 4) is 11.1 Å². The number of aliphatic hydroxyl groups is 1. The van der Waals surface area contributed by atoms with Gasteiger partial charge in [-0.15, -0.1) is 0 Å². The molecule has 0 saturated heterocycles. The average Bonchev–Trinajstić information content (AvgIpc) is 3.28. The van der Waals surface area contributed by atoms with Crippen LogP contribution in [0.25, 0.3) is 22.2 Å². The minimum atomic E-state index is -1.33. The molecule has 0 amide bonds. The second-order valence-electron chi connectivity index (χ2n) is 7.25. The first-order valence-corrected chi connectivity index (χ1v) is 9.97. The number of ether oxygens (including phenoxy) is 1. The summed E-state index contributed by atoms with van der Waals surface area (Å²) in [6, 6.07) is 14.6. The number of hydrogen-bond acceptors (Lipinski definition) is 4. The zero-order valence-corrected chi connectivity index (χ0v) is 17.3. The molecule has 1 atom stereocenters. The zero-order valence-electron chi connectivity index (χ0n) is 17.3. The second-order valence-corrected chi connectivity index (χ2v) is 7.25. The monoisotopic (exact) mass is 433 g/mol. The van der Waals surface area contributed by atoms with E-state index < -0.39 is 17.7 Å². The largest absolute Gasteiger partial charge is 0.483 e. The van der Waals surface area contributed by atoms with Crippen LogP contribution in [0.15, 0.2) is 96.8 Å². The van der Waals surface area contributed by atoms with Gasteiger partial charge in [0.1, 0.15) is 24.7 Å². The van der Waals surface area contributed by atoms with Gasteiger partial charge >= 0.3 is 0 Å². The number of benzene rings is 1. The summed E-state index contributed by atoms with van der Waals surface area (Å²) in [7, 11) is 0. The van der Waals surface area contributed by atoms with Crippen LogP contribution in [0.1, 0.15) is 24.2 Å². The molecule has 32 heavy (non-hydrogen) atoms. The molecule has 162 valence electrons. The number of aromatic amines is 1. The number of pyridine rings is 2. The van der Waals surface area contributed by atoms with E-state index in [1.54, 1.807) is 36.9 Å². The number of allylic oxidation sites excluding steroid dienone is 1. The SMILES string of the molecule is C/C(=C(F)\C(=C/F)OCc1ccccc1)C(O)c1c[nH]c2ncc(-c3cccnc3)cc12. The van der Waals surface area contributed by atoms with E-state index in [4.69, 9.17) is 4.74 Å². The van der Waals surface area contributed by atoms with Crippen LogP contribution in [0.5, 0.6) is 0 Å². The molecule has 3 aromatic heterocycles. The normalized spacial score (nSPS) is 13.7. The Labute approximate surface area is 183 Å². The Hall–Kier alpha value is -3.84. The Bertz CT molecular complexity index is 1270. The summed E-state index contributed by atoms with van der Waals surface area (Å²) in [6.07, 6.45) is 5.37. The van der Waals surface area contributed by atoms with Gasteiger partial charge < -0.3 is 14.8 Å². The Morgan fingerprint density at radius 1 is 1.16 bits per heavy atom. The summed E-state index contributed by atoms with van der Waals surface area (Å²) in [5, 5.41) is 11.5. The molecule has 0 fully saturated rings. The zero-order chi connectivity index (χ0) is 22.5. The van der Waals surface area contributed by atoms with Gasteiger partial charge in [0.15, 0.2) is 11.6 Å². The van der Waals surface area contributed by atoms with E-state index in [-0.39, 0.29) is 18.5 Å². The minimum Gasteiger partial charge on any atom is -0.483 e. The van der Waals surface area contributed by atoms with Gasteiger partial charge in [0, 0.05) is 46.9 Å². The molecule has 4 aromatic rings. The lowest BCUT2D eigenvalue weighted by molar-refractivity contribution is 0.180. The highest BCUT2D eigenvalue weighted by Crippen LogP contribution is 2.34. The fourth-order valence-corrected chi connectivity index (χ4v) is 3.37. The van der Waals surface area contributed by atoms with E-state index in [0.717, 1.165) is 16.7 Å². The Kier molecular flexibility index (Phi) is 6.37. The molecule has 1 unspecified atom stereocenters. The Balaban J connectivity index is 1.62. The van der Waals surface area contributed by atoms with E-state index in [0.29, 0.717) is 16.6 Å². The first-order chi connectivity index (χ1) is 15.6. The summed E-state index contributed by atoms with van der Waals surface area (Å²) in [6.45, 7) is 1.39. The summed E-state index contributed by atoms with van der Waals surface area (Å²) in [5.41, 5.74) is 3.32. The predicted octanol–water partition coefficient (Wildman–Crippen LogP) is 5.93. The molecule has 0 aliphatic rings. The van der Waals surface area contributed by atoms with Crippen LogP contribution in [0, 0.1) is 0 Å². The van der Waals surface area contributed by atoms with Crippen molar-refractivity contribution in [1.82, 2.24) is 15.0 Å². The number of nitrogens with one attached hydrogen (secondary N) is 1. The third kappa shape index (κ3) is 4.43. The summed E-state index contributed by atoms with van der Waals surface area (Å²) >= 11 is 0. The lowest BCUT2D eigenvalue weighted by Gasteiger charge is -2.14. The lowest BCUT2D eigenvalue weighted by Crippen LogP contribution is -2.03. The molecule has 0 spiro atoms. The predicted molar refractivity (Wildman–Crippen MR) is 119 cm³/mol. The molecule has 7 heteroatoms. The fourth-order valence-electron chi connectivity index (χ4n) is 3.37. The molecular weight excluding hydrogens is 412 g/mol. The second kappa shape index (κ2) is 9.53. The van der Waals surface area contributed by atoms with E-state index in [1.165, 1.54) is 6.92 Å². The van der Waals surface area contributed by atoms with E-state index in [1.807, 2.05) is 36.4 Å². The standard InChI is InChI=1S/C25H21F2N3O2/c1-16(23(27)22(11-26)32-15-17-6-3-2-4-7-17)24(31)21-14-30-25-20(21)10-19(13-29-25)18-8-5-9-28-12-18/h2-14,24,31H,15H2,1H3,(H,29,30)/b22-11+,23-16-. The topological polar surface area (TPSA) is 71.0 Å². The lowest BCUT2D eigenvalue weighted by atomic mass is 10.00. The molecule has 4 rings (SSSR count). The van der Waals surface area contributed by atoms with E-state index in [2.05, 4.69) is 15.0 Å². The smallest absolute Gasteiger partial charge is 0.183 e. The van der Waals surface area contributed by atoms with Crippen LogP contribution in [0.2, 0.25) is 0 Å². The van der Waals surface area contributed by atoms with Gasteiger partial charge in [-0.25, -0.2) is 13.8 Å². The van der Waals surface area contributed by atoms with Crippen LogP contribution in [0.4, 0.5) is 8.78 Å². The minimum absolute atomic E-state index is 0.00113. The summed E-state index contributed by atoms with van der Waals surface area (Å²) in [4.78, 5) is 11.5. The maximum Gasteiger partial charge on any atom is 0.183 e. The van der Waals surface area contributed by atoms with Crippen molar-refractivity contribution in [2.45, 2.75) is 19.6 Å². The number of rotatable bonds is 7. The molecular formula is C25H21F2N3O2. The highest BCUT2D eigenvalue weighted by Gasteiger charge is 2.22. The number of fused-ring (bicyclic) bond motifs is 1. The molecule has 2 N–H and O–H groups in total. The van der Waals surface area contributed by atoms with Gasteiger partial charge in [-0.1, -0.05) is 36.4 Å². The van der Waals surface area contributed by atoms with Gasteiger partial charge in [-0.3, -0.25) is 4.98 Å². The van der Waals surface area contributed by atoms with Gasteiger partial charge in [-0.2, -0.15) is 0 Å². The molecule has 1 aromatic carbocycles. The highest BCUT2D eigenvalue weighted by molar-refractivity contribution is 5.85. The number of hydrogen-bond donors (Lipinski definition) is 2. The van der Waals surface area contributed by atoms with Crippen LogP contribution in [0.3, 0.4) is 0 Å². The van der Waals surface area contributed by atoms with Crippen LogP contribution >= 0.6 is 0 Å². The van der Waals surface area contributed by atoms with E-state index >= 15 is 4.39 Å². The third-order valence-electron chi connectivity index (χ3n) is 5.16. The first kappa shape index (κ1) is 21.4. The number of halogens is 2. The molecule has 0 aliphatic heterocycles. The van der Waals surface area contributed by atoms with Crippen molar-refractivity contribution >= 4 is 11.0 Å². The van der Waals surface area contributed by atoms with Crippen molar-refractivity contribution in [2.75, 3.05) is 0 Å². The number of H-pyrrole nitrogens is 1. The molecule has 0 radical (unpaired) electrons. The summed E-state index contributed by atoms with van der Waals surface area (Å²) in [5.74, 6) is -1.53. The van der Waals surface area contributed by atoms with Crippen molar-refractivity contribution in [3.05, 3.63) is 108 Å². The van der Waals surface area contributed by atoms with Crippen LogP contribution < -0.4 is 0 Å². The molecule has 0 saturated carbocycles. The maximum absolute atomic E-state index is 15.0. The molecule has 5 nitrogen and oxygen atoms in total. The molecule has 3 heterocycles. The van der Waals surface area contributed by atoms with Crippen LogP contribution in [-0.2, 0) is 11.3 Å². The highest BCUT2D eigenvalue weighted by atomic mass is 19.1. The number of aliphatic hydroxyl groups excluding tert-OH is 1. The van der Waals surface area contributed by atoms with Crippen molar-refractivity contribution < 1.29 is 18.6 Å². The molecule has 0 aliphatic carbocycles. The first-order valence-electron chi connectivity index (χ1n) is 9.97. The quantitative estimate of drug-likeness (QED) is 0.280. The van der Waals surface area contributed by atoms with Gasteiger partial charge in [0.25, 0.3) is 0 Å². The van der Waals surface area contributed by atoms with Crippen molar-refractivity contribution in [2.24, 2.45) is 0 Å². The van der Waals surface area contributed by atoms with Gasteiger partial charge in [0.2, 0.25) is 0 Å². The molecule has 0 bridgehead atoms. The fraction of sp³-hybridized carbons (Fsp3) is 0.120. The van der Waals surface area contributed by atoms with Gasteiger partial charge in [-0.05, 0) is 30.2 Å². The van der Waals surface area contributed by atoms with Crippen molar-refractivity contribution in [1.29, 1.82) is 0 Å². The number of aromatic nitrogens is 3. The Morgan fingerprint density at radius 2 is 1.97 bits per heavy atom. The van der Waals surface area contributed by atoms with Crippen molar-refractivity contribution in [3.63, 3.8) is 0 Å².